The molecule has 0 atom stereocenters. The minimum Gasteiger partial charge on any atom is -0.497 e. The van der Waals surface area contributed by atoms with Crippen LogP contribution in [0.25, 0.3) is 0 Å². The van der Waals surface area contributed by atoms with Crippen LogP contribution in [0.3, 0.4) is 0 Å². The van der Waals surface area contributed by atoms with E-state index in [2.05, 4.69) is 0 Å². The number of carbonyl (C=O) groups excluding carboxylic acids is 1. The van der Waals surface area contributed by atoms with E-state index in [0.29, 0.717) is 11.5 Å². The summed E-state index contributed by atoms with van der Waals surface area (Å²) in [5.41, 5.74) is 0.418. The van der Waals surface area contributed by atoms with Gasteiger partial charge < -0.3 is 14.6 Å². The first-order chi connectivity index (χ1) is 9.58. The molecule has 1 aromatic heterocycles. The molecule has 0 aliphatic heterocycles. The summed E-state index contributed by atoms with van der Waals surface area (Å²) in [5, 5.41) is 10.7. The number of methoxy groups -OCH3 is 2. The number of rotatable bonds is 5. The fraction of sp³-hybridized carbons (Fsp3) is 0.143. The van der Waals surface area contributed by atoms with Gasteiger partial charge in [0.1, 0.15) is 16.4 Å². The molecule has 1 N–H and O–H groups in total. The Balaban J connectivity index is 2.52. The van der Waals surface area contributed by atoms with Gasteiger partial charge in [0.15, 0.2) is 5.78 Å². The molecule has 2 rings (SSSR count). The second-order valence-electron chi connectivity index (χ2n) is 3.86. The molecule has 2 aromatic rings. The highest BCUT2D eigenvalue weighted by molar-refractivity contribution is 7.12. The van der Waals surface area contributed by atoms with Crippen molar-refractivity contribution >= 4 is 23.1 Å². The zero-order valence-corrected chi connectivity index (χ0v) is 11.7. The monoisotopic (exact) mass is 292 g/mol. The number of ketones is 1. The van der Waals surface area contributed by atoms with Gasteiger partial charge >= 0.3 is 5.97 Å². The smallest absolute Gasteiger partial charge is 0.346 e. The molecule has 104 valence electrons. The highest BCUT2D eigenvalue weighted by atomic mass is 32.1. The van der Waals surface area contributed by atoms with Crippen molar-refractivity contribution in [2.45, 2.75) is 0 Å². The highest BCUT2D eigenvalue weighted by Gasteiger charge is 2.22. The van der Waals surface area contributed by atoms with Crippen molar-refractivity contribution < 1.29 is 24.2 Å². The van der Waals surface area contributed by atoms with Crippen molar-refractivity contribution in [3.8, 4) is 11.5 Å². The van der Waals surface area contributed by atoms with Crippen LogP contribution in [0.5, 0.6) is 11.5 Å². The van der Waals surface area contributed by atoms with Gasteiger partial charge in [-0.05, 0) is 29.6 Å². The van der Waals surface area contributed by atoms with Crippen LogP contribution in [-0.2, 0) is 0 Å². The molecule has 0 amide bonds. The topological polar surface area (TPSA) is 72.8 Å². The molecular weight excluding hydrogens is 280 g/mol. The Morgan fingerprint density at radius 2 is 1.85 bits per heavy atom. The van der Waals surface area contributed by atoms with Crippen LogP contribution in [-0.4, -0.2) is 31.1 Å². The van der Waals surface area contributed by atoms with E-state index in [9.17, 15) is 9.59 Å². The molecule has 0 bridgehead atoms. The molecule has 0 aliphatic carbocycles. The second-order valence-corrected chi connectivity index (χ2v) is 4.78. The van der Waals surface area contributed by atoms with E-state index in [0.717, 1.165) is 11.3 Å². The number of carboxylic acid groups (broad SMARTS) is 1. The minimum absolute atomic E-state index is 0.0138. The van der Waals surface area contributed by atoms with Gasteiger partial charge in [-0.2, -0.15) is 0 Å². The molecular formula is C14H12O5S. The summed E-state index contributed by atoms with van der Waals surface area (Å²) in [5.74, 6) is -0.649. The van der Waals surface area contributed by atoms with Crippen molar-refractivity contribution in [1.82, 2.24) is 0 Å². The zero-order valence-electron chi connectivity index (χ0n) is 10.9. The van der Waals surface area contributed by atoms with Crippen LogP contribution in [0.15, 0.2) is 29.6 Å². The molecule has 6 heteroatoms. The van der Waals surface area contributed by atoms with Gasteiger partial charge in [-0.1, -0.05) is 0 Å². The first kappa shape index (κ1) is 14.1. The number of carbonyl (C=O) groups is 2. The van der Waals surface area contributed by atoms with E-state index >= 15 is 0 Å². The largest absolute Gasteiger partial charge is 0.497 e. The first-order valence-electron chi connectivity index (χ1n) is 5.66. The lowest BCUT2D eigenvalue weighted by atomic mass is 10.0. The van der Waals surface area contributed by atoms with Crippen molar-refractivity contribution in [3.05, 3.63) is 45.6 Å². The molecule has 0 unspecified atom stereocenters. The Bertz CT molecular complexity index is 659. The van der Waals surface area contributed by atoms with Crippen molar-refractivity contribution in [1.29, 1.82) is 0 Å². The third kappa shape index (κ3) is 2.50. The van der Waals surface area contributed by atoms with Crippen LogP contribution >= 0.6 is 11.3 Å². The fourth-order valence-corrected chi connectivity index (χ4v) is 2.52. The SMILES string of the molecule is COc1ccc(OC)c(C(=O)c2ccsc2C(=O)O)c1. The maximum atomic E-state index is 12.5. The molecule has 5 nitrogen and oxygen atoms in total. The maximum Gasteiger partial charge on any atom is 0.346 e. The van der Waals surface area contributed by atoms with Gasteiger partial charge in [0.05, 0.1) is 19.8 Å². The number of hydrogen-bond acceptors (Lipinski definition) is 5. The predicted molar refractivity (Wildman–Crippen MR) is 74.3 cm³/mol. The second kappa shape index (κ2) is 5.75. The van der Waals surface area contributed by atoms with E-state index < -0.39 is 11.8 Å². The van der Waals surface area contributed by atoms with Gasteiger partial charge in [0.2, 0.25) is 0 Å². The maximum absolute atomic E-state index is 12.5. The van der Waals surface area contributed by atoms with Crippen LogP contribution < -0.4 is 9.47 Å². The van der Waals surface area contributed by atoms with Gasteiger partial charge in [-0.15, -0.1) is 11.3 Å². The van der Waals surface area contributed by atoms with Gasteiger partial charge in [0, 0.05) is 5.56 Å². The molecule has 0 aliphatic rings. The quantitative estimate of drug-likeness (QED) is 0.858. The predicted octanol–water partition coefficient (Wildman–Crippen LogP) is 2.69. The molecule has 20 heavy (non-hydrogen) atoms. The van der Waals surface area contributed by atoms with Crippen LogP contribution in [0.2, 0.25) is 0 Å². The van der Waals surface area contributed by atoms with Crippen LogP contribution in [0.1, 0.15) is 25.6 Å². The van der Waals surface area contributed by atoms with Gasteiger partial charge in [-0.25, -0.2) is 4.79 Å². The molecule has 0 fully saturated rings. The summed E-state index contributed by atoms with van der Waals surface area (Å²) in [6.45, 7) is 0. The number of benzene rings is 1. The van der Waals surface area contributed by atoms with Crippen LogP contribution in [0, 0.1) is 0 Å². The van der Waals surface area contributed by atoms with Gasteiger partial charge in [-0.3, -0.25) is 4.79 Å². The third-order valence-electron chi connectivity index (χ3n) is 2.76. The van der Waals surface area contributed by atoms with E-state index in [1.807, 2.05) is 0 Å². The fourth-order valence-electron chi connectivity index (χ4n) is 1.79. The summed E-state index contributed by atoms with van der Waals surface area (Å²) < 4.78 is 10.2. The van der Waals surface area contributed by atoms with E-state index in [-0.39, 0.29) is 16.0 Å². The lowest BCUT2D eigenvalue weighted by Crippen LogP contribution is -2.08. The summed E-state index contributed by atoms with van der Waals surface area (Å²) >= 11 is 1.01. The number of thiophene rings is 1. The number of aromatic carboxylic acids is 1. The average Bonchev–Trinajstić information content (AvgIpc) is 2.95. The van der Waals surface area contributed by atoms with Crippen molar-refractivity contribution in [3.63, 3.8) is 0 Å². The van der Waals surface area contributed by atoms with E-state index in [1.165, 1.54) is 26.4 Å². The molecule has 0 saturated heterocycles. The molecule has 0 spiro atoms. The van der Waals surface area contributed by atoms with Crippen molar-refractivity contribution in [2.75, 3.05) is 14.2 Å². The lowest BCUT2D eigenvalue weighted by Gasteiger charge is -2.09. The summed E-state index contributed by atoms with van der Waals surface area (Å²) in [6, 6.07) is 6.31. The molecule has 1 aromatic carbocycles. The average molecular weight is 292 g/mol. The Hall–Kier alpha value is -2.34. The molecule has 1 heterocycles. The Kier molecular flexibility index (Phi) is 4.05. The number of hydrogen-bond donors (Lipinski definition) is 1. The number of ether oxygens (including phenoxy) is 2. The Morgan fingerprint density at radius 3 is 2.45 bits per heavy atom. The first-order valence-corrected chi connectivity index (χ1v) is 6.54. The van der Waals surface area contributed by atoms with Gasteiger partial charge in [0.25, 0.3) is 0 Å². The third-order valence-corrected chi connectivity index (χ3v) is 3.66. The summed E-state index contributed by atoms with van der Waals surface area (Å²) in [6.07, 6.45) is 0. The standard InChI is InChI=1S/C14H12O5S/c1-18-8-3-4-11(19-2)10(7-8)12(15)9-5-6-20-13(9)14(16)17/h3-7H,1-2H3,(H,16,17). The highest BCUT2D eigenvalue weighted by Crippen LogP contribution is 2.28. The Labute approximate surface area is 119 Å². The summed E-state index contributed by atoms with van der Waals surface area (Å²) in [4.78, 5) is 23.6. The minimum atomic E-state index is -1.12. The zero-order chi connectivity index (χ0) is 14.7. The van der Waals surface area contributed by atoms with Crippen LogP contribution in [0.4, 0.5) is 0 Å². The Morgan fingerprint density at radius 1 is 1.10 bits per heavy atom. The normalized spacial score (nSPS) is 10.1. The number of carboxylic acids is 1. The molecule has 0 radical (unpaired) electrons. The molecule has 0 saturated carbocycles. The van der Waals surface area contributed by atoms with E-state index in [4.69, 9.17) is 14.6 Å². The lowest BCUT2D eigenvalue weighted by molar-refractivity contribution is 0.0698. The summed E-state index contributed by atoms with van der Waals surface area (Å²) in [7, 11) is 2.94. The van der Waals surface area contributed by atoms with Crippen molar-refractivity contribution in [2.24, 2.45) is 0 Å². The van der Waals surface area contributed by atoms with E-state index in [1.54, 1.807) is 17.5 Å².